The number of ether oxygens (including phenoxy) is 2. The van der Waals surface area contributed by atoms with Gasteiger partial charge in [-0.05, 0) is 23.8 Å². The van der Waals surface area contributed by atoms with Gasteiger partial charge >= 0.3 is 0 Å². The molecule has 0 amide bonds. The van der Waals surface area contributed by atoms with Crippen molar-refractivity contribution in [3.05, 3.63) is 53.4 Å². The van der Waals surface area contributed by atoms with Gasteiger partial charge in [0.1, 0.15) is 11.5 Å². The summed E-state index contributed by atoms with van der Waals surface area (Å²) in [6.45, 7) is 0. The van der Waals surface area contributed by atoms with Crippen molar-refractivity contribution >= 4 is 0 Å². The van der Waals surface area contributed by atoms with Gasteiger partial charge in [0.25, 0.3) is 0 Å². The van der Waals surface area contributed by atoms with Crippen molar-refractivity contribution in [1.82, 2.24) is 0 Å². The molecule has 4 N–H and O–H groups in total. The van der Waals surface area contributed by atoms with E-state index in [0.717, 1.165) is 11.3 Å². The summed E-state index contributed by atoms with van der Waals surface area (Å²) >= 11 is 0. The molecule has 0 saturated heterocycles. The van der Waals surface area contributed by atoms with Crippen molar-refractivity contribution in [3.8, 4) is 5.75 Å². The number of rotatable bonds is 3. The van der Waals surface area contributed by atoms with Crippen LogP contribution >= 0.6 is 0 Å². The first-order valence-electron chi connectivity index (χ1n) is 5.74. The van der Waals surface area contributed by atoms with E-state index in [1.807, 2.05) is 30.3 Å². The monoisotopic (exact) mass is 246 g/mol. The summed E-state index contributed by atoms with van der Waals surface area (Å²) in [6, 6.07) is 7.71. The quantitative estimate of drug-likeness (QED) is 0.850. The van der Waals surface area contributed by atoms with Crippen molar-refractivity contribution in [2.24, 2.45) is 11.5 Å². The Morgan fingerprint density at radius 1 is 1.22 bits per heavy atom. The van der Waals surface area contributed by atoms with Crippen LogP contribution in [0.25, 0.3) is 0 Å². The highest BCUT2D eigenvalue weighted by molar-refractivity contribution is 5.41. The molecule has 0 aliphatic heterocycles. The van der Waals surface area contributed by atoms with Gasteiger partial charge in [0.2, 0.25) is 0 Å². The van der Waals surface area contributed by atoms with Gasteiger partial charge in [-0.1, -0.05) is 18.2 Å². The Hall–Kier alpha value is -1.94. The minimum atomic E-state index is -0.608. The summed E-state index contributed by atoms with van der Waals surface area (Å²) < 4.78 is 10.5. The van der Waals surface area contributed by atoms with Crippen molar-refractivity contribution in [2.45, 2.75) is 12.0 Å². The molecule has 1 aromatic rings. The lowest BCUT2D eigenvalue weighted by Gasteiger charge is -2.30. The van der Waals surface area contributed by atoms with Crippen molar-refractivity contribution in [3.63, 3.8) is 0 Å². The van der Waals surface area contributed by atoms with Gasteiger partial charge in [0.05, 0.1) is 25.5 Å². The van der Waals surface area contributed by atoms with E-state index in [-0.39, 0.29) is 0 Å². The first-order chi connectivity index (χ1) is 8.59. The molecule has 1 aliphatic carbocycles. The second-order valence-corrected chi connectivity index (χ2v) is 4.37. The largest absolute Gasteiger partial charge is 0.499 e. The van der Waals surface area contributed by atoms with Gasteiger partial charge in [0.15, 0.2) is 0 Å². The molecule has 0 spiro atoms. The SMILES string of the molecule is COC1=C(N)C=CC(N)(c2cccc(OC)c2)C1. The van der Waals surface area contributed by atoms with Crippen LogP contribution in [0.4, 0.5) is 0 Å². The van der Waals surface area contributed by atoms with Crippen LogP contribution in [0.3, 0.4) is 0 Å². The van der Waals surface area contributed by atoms with Crippen LogP contribution < -0.4 is 16.2 Å². The Balaban J connectivity index is 2.36. The second-order valence-electron chi connectivity index (χ2n) is 4.37. The van der Waals surface area contributed by atoms with Gasteiger partial charge in [0, 0.05) is 6.42 Å². The molecule has 1 aliphatic rings. The van der Waals surface area contributed by atoms with E-state index in [4.69, 9.17) is 20.9 Å². The number of hydrogen-bond acceptors (Lipinski definition) is 4. The van der Waals surface area contributed by atoms with Gasteiger partial charge < -0.3 is 20.9 Å². The summed E-state index contributed by atoms with van der Waals surface area (Å²) in [4.78, 5) is 0. The van der Waals surface area contributed by atoms with Crippen LogP contribution in [-0.2, 0) is 10.3 Å². The lowest BCUT2D eigenvalue weighted by Crippen LogP contribution is -2.37. The predicted octanol–water partition coefficient (Wildman–Crippen LogP) is 1.63. The third kappa shape index (κ3) is 2.19. The van der Waals surface area contributed by atoms with E-state index in [0.29, 0.717) is 17.9 Å². The molecule has 0 fully saturated rings. The fraction of sp³-hybridized carbons (Fsp3) is 0.286. The summed E-state index contributed by atoms with van der Waals surface area (Å²) in [6.07, 6.45) is 4.24. The fourth-order valence-electron chi connectivity index (χ4n) is 2.06. The van der Waals surface area contributed by atoms with E-state index < -0.39 is 5.54 Å². The molecular formula is C14H18N2O2. The van der Waals surface area contributed by atoms with Gasteiger partial charge in [-0.25, -0.2) is 0 Å². The van der Waals surface area contributed by atoms with Gasteiger partial charge in [-0.3, -0.25) is 0 Å². The van der Waals surface area contributed by atoms with Crippen molar-refractivity contribution in [1.29, 1.82) is 0 Å². The standard InChI is InChI=1S/C14H18N2O2/c1-17-11-5-3-4-10(8-11)14(16)7-6-12(15)13(9-14)18-2/h3-8H,9,15-16H2,1-2H3. The molecule has 0 radical (unpaired) electrons. The molecule has 0 heterocycles. The van der Waals surface area contributed by atoms with E-state index >= 15 is 0 Å². The Bertz CT molecular complexity index is 508. The zero-order chi connectivity index (χ0) is 13.2. The zero-order valence-electron chi connectivity index (χ0n) is 10.6. The minimum absolute atomic E-state index is 0.541. The van der Waals surface area contributed by atoms with Gasteiger partial charge in [-0.15, -0.1) is 0 Å². The number of benzene rings is 1. The number of nitrogens with two attached hydrogens (primary N) is 2. The highest BCUT2D eigenvalue weighted by atomic mass is 16.5. The third-order valence-corrected chi connectivity index (χ3v) is 3.19. The molecule has 4 nitrogen and oxygen atoms in total. The average Bonchev–Trinajstić information content (AvgIpc) is 2.42. The summed E-state index contributed by atoms with van der Waals surface area (Å²) in [5, 5.41) is 0. The summed E-state index contributed by atoms with van der Waals surface area (Å²) in [7, 11) is 3.24. The summed E-state index contributed by atoms with van der Waals surface area (Å²) in [5.74, 6) is 1.50. The van der Waals surface area contributed by atoms with Crippen molar-refractivity contribution < 1.29 is 9.47 Å². The molecule has 0 saturated carbocycles. The third-order valence-electron chi connectivity index (χ3n) is 3.19. The Morgan fingerprint density at radius 2 is 2.00 bits per heavy atom. The normalized spacial score (nSPS) is 23.1. The molecule has 0 aromatic heterocycles. The number of hydrogen-bond donors (Lipinski definition) is 2. The molecule has 4 heteroatoms. The Labute approximate surface area is 107 Å². The maximum Gasteiger partial charge on any atom is 0.121 e. The first-order valence-corrected chi connectivity index (χ1v) is 5.74. The molecule has 1 unspecified atom stereocenters. The minimum Gasteiger partial charge on any atom is -0.499 e. The van der Waals surface area contributed by atoms with Crippen LogP contribution in [0.5, 0.6) is 5.75 Å². The van der Waals surface area contributed by atoms with E-state index in [1.165, 1.54) is 0 Å². The molecular weight excluding hydrogens is 228 g/mol. The van der Waals surface area contributed by atoms with E-state index in [2.05, 4.69) is 0 Å². The molecule has 18 heavy (non-hydrogen) atoms. The highest BCUT2D eigenvalue weighted by Crippen LogP contribution is 2.33. The first kappa shape index (κ1) is 12.5. The number of allylic oxidation sites excluding steroid dienone is 1. The molecule has 1 atom stereocenters. The molecule has 0 bridgehead atoms. The van der Waals surface area contributed by atoms with Crippen LogP contribution in [-0.4, -0.2) is 14.2 Å². The lowest BCUT2D eigenvalue weighted by atomic mass is 9.83. The lowest BCUT2D eigenvalue weighted by molar-refractivity contribution is 0.252. The highest BCUT2D eigenvalue weighted by Gasteiger charge is 2.30. The van der Waals surface area contributed by atoms with Crippen LogP contribution in [0, 0.1) is 0 Å². The maximum atomic E-state index is 6.42. The van der Waals surface area contributed by atoms with Crippen LogP contribution in [0.15, 0.2) is 47.9 Å². The van der Waals surface area contributed by atoms with E-state index in [9.17, 15) is 0 Å². The van der Waals surface area contributed by atoms with E-state index in [1.54, 1.807) is 20.3 Å². The molecule has 1 aromatic carbocycles. The predicted molar refractivity (Wildman–Crippen MR) is 70.8 cm³/mol. The average molecular weight is 246 g/mol. The Kier molecular flexibility index (Phi) is 3.30. The van der Waals surface area contributed by atoms with Crippen molar-refractivity contribution in [2.75, 3.05) is 14.2 Å². The topological polar surface area (TPSA) is 70.5 Å². The van der Waals surface area contributed by atoms with Gasteiger partial charge in [-0.2, -0.15) is 0 Å². The Morgan fingerprint density at radius 3 is 2.67 bits per heavy atom. The molecule has 2 rings (SSSR count). The maximum absolute atomic E-state index is 6.42. The fourth-order valence-corrected chi connectivity index (χ4v) is 2.06. The molecule has 96 valence electrons. The second kappa shape index (κ2) is 4.74. The number of methoxy groups -OCH3 is 2. The zero-order valence-corrected chi connectivity index (χ0v) is 10.6. The van der Waals surface area contributed by atoms with Crippen LogP contribution in [0.2, 0.25) is 0 Å². The summed E-state index contributed by atoms with van der Waals surface area (Å²) in [5.41, 5.74) is 13.2. The smallest absolute Gasteiger partial charge is 0.121 e. The van der Waals surface area contributed by atoms with Crippen LogP contribution in [0.1, 0.15) is 12.0 Å².